The van der Waals surface area contributed by atoms with Gasteiger partial charge in [0, 0.05) is 17.8 Å². The lowest BCUT2D eigenvalue weighted by Gasteiger charge is -2.28. The lowest BCUT2D eigenvalue weighted by molar-refractivity contribution is 0.233. The third kappa shape index (κ3) is 5.10. The molecule has 1 aliphatic carbocycles. The highest BCUT2D eigenvalue weighted by atomic mass is 32.2. The minimum Gasteiger partial charge on any atom is -0.338 e. The van der Waals surface area contributed by atoms with Crippen LogP contribution in [0.4, 0.5) is 4.79 Å². The van der Waals surface area contributed by atoms with E-state index in [9.17, 15) is 4.79 Å². The van der Waals surface area contributed by atoms with Gasteiger partial charge in [-0.1, -0.05) is 13.3 Å². The molecule has 4 heteroatoms. The van der Waals surface area contributed by atoms with Gasteiger partial charge in [-0.05, 0) is 38.4 Å². The van der Waals surface area contributed by atoms with Gasteiger partial charge in [0.25, 0.3) is 0 Å². The largest absolute Gasteiger partial charge is 0.338 e. The number of carbonyl (C=O) groups excluding carboxylic acids is 1. The molecule has 2 amide bonds. The van der Waals surface area contributed by atoms with Crippen molar-refractivity contribution in [2.45, 2.75) is 56.7 Å². The maximum Gasteiger partial charge on any atom is 0.315 e. The molecular formula is C12H24N2OS. The molecule has 0 saturated heterocycles. The van der Waals surface area contributed by atoms with Gasteiger partial charge in [0.05, 0.1) is 0 Å². The SMILES string of the molecule is CCCCNC(=O)NC1CCC(SC)CC1. The van der Waals surface area contributed by atoms with E-state index in [1.165, 1.54) is 12.8 Å². The van der Waals surface area contributed by atoms with E-state index in [4.69, 9.17) is 0 Å². The van der Waals surface area contributed by atoms with E-state index in [0.29, 0.717) is 6.04 Å². The summed E-state index contributed by atoms with van der Waals surface area (Å²) < 4.78 is 0. The van der Waals surface area contributed by atoms with Gasteiger partial charge in [-0.2, -0.15) is 11.8 Å². The van der Waals surface area contributed by atoms with E-state index in [1.54, 1.807) is 0 Å². The van der Waals surface area contributed by atoms with Crippen molar-refractivity contribution in [2.24, 2.45) is 0 Å². The number of thioether (sulfide) groups is 1. The summed E-state index contributed by atoms with van der Waals surface area (Å²) in [7, 11) is 0. The smallest absolute Gasteiger partial charge is 0.315 e. The third-order valence-electron chi connectivity index (χ3n) is 3.16. The Morgan fingerprint density at radius 3 is 2.56 bits per heavy atom. The van der Waals surface area contributed by atoms with E-state index in [1.807, 2.05) is 11.8 Å². The van der Waals surface area contributed by atoms with E-state index >= 15 is 0 Å². The zero-order valence-electron chi connectivity index (χ0n) is 10.4. The Morgan fingerprint density at radius 1 is 1.31 bits per heavy atom. The van der Waals surface area contributed by atoms with Gasteiger partial charge in [0.15, 0.2) is 0 Å². The lowest BCUT2D eigenvalue weighted by atomic mass is 9.95. The van der Waals surface area contributed by atoms with Gasteiger partial charge >= 0.3 is 6.03 Å². The van der Waals surface area contributed by atoms with Crippen LogP contribution in [0.3, 0.4) is 0 Å². The average Bonchev–Trinajstić information content (AvgIpc) is 2.30. The Morgan fingerprint density at radius 2 is 2.00 bits per heavy atom. The van der Waals surface area contributed by atoms with Crippen LogP contribution in [0.2, 0.25) is 0 Å². The van der Waals surface area contributed by atoms with Gasteiger partial charge in [0.1, 0.15) is 0 Å². The number of rotatable bonds is 5. The summed E-state index contributed by atoms with van der Waals surface area (Å²) in [5.41, 5.74) is 0. The fourth-order valence-corrected chi connectivity index (χ4v) is 2.80. The highest BCUT2D eigenvalue weighted by molar-refractivity contribution is 7.99. The first kappa shape index (κ1) is 13.7. The van der Waals surface area contributed by atoms with E-state index in [-0.39, 0.29) is 6.03 Å². The van der Waals surface area contributed by atoms with Gasteiger partial charge in [-0.25, -0.2) is 4.79 Å². The molecule has 1 rings (SSSR count). The molecule has 3 nitrogen and oxygen atoms in total. The first-order valence-electron chi connectivity index (χ1n) is 6.33. The average molecular weight is 244 g/mol. The number of carbonyl (C=O) groups is 1. The van der Waals surface area contributed by atoms with Crippen molar-refractivity contribution in [3.05, 3.63) is 0 Å². The molecule has 0 atom stereocenters. The molecule has 0 aromatic rings. The first-order chi connectivity index (χ1) is 7.76. The highest BCUT2D eigenvalue weighted by Crippen LogP contribution is 2.26. The van der Waals surface area contributed by atoms with E-state index in [0.717, 1.165) is 37.5 Å². The summed E-state index contributed by atoms with van der Waals surface area (Å²) in [6, 6.07) is 0.408. The van der Waals surface area contributed by atoms with Crippen LogP contribution in [0, 0.1) is 0 Å². The van der Waals surface area contributed by atoms with Crippen molar-refractivity contribution in [3.63, 3.8) is 0 Å². The van der Waals surface area contributed by atoms with Crippen LogP contribution in [-0.2, 0) is 0 Å². The second-order valence-corrected chi connectivity index (χ2v) is 5.60. The molecule has 0 aliphatic heterocycles. The topological polar surface area (TPSA) is 41.1 Å². The van der Waals surface area contributed by atoms with Crippen LogP contribution < -0.4 is 10.6 Å². The minimum absolute atomic E-state index is 0.0149. The predicted octanol–water partition coefficient (Wildman–Crippen LogP) is 2.76. The maximum absolute atomic E-state index is 11.5. The van der Waals surface area contributed by atoms with E-state index < -0.39 is 0 Å². The standard InChI is InChI=1S/C12H24N2OS/c1-3-4-9-13-12(15)14-10-5-7-11(16-2)8-6-10/h10-11H,3-9H2,1-2H3,(H2,13,14,15). The summed E-state index contributed by atoms with van der Waals surface area (Å²) >= 11 is 1.96. The molecular weight excluding hydrogens is 220 g/mol. The van der Waals surface area contributed by atoms with Crippen LogP contribution in [0.5, 0.6) is 0 Å². The van der Waals surface area contributed by atoms with Gasteiger partial charge in [0.2, 0.25) is 0 Å². The fraction of sp³-hybridized carbons (Fsp3) is 0.917. The Labute approximate surface area is 103 Å². The second-order valence-electron chi connectivity index (χ2n) is 4.46. The summed E-state index contributed by atoms with van der Waals surface area (Å²) in [6.07, 6.45) is 9.10. The number of nitrogens with one attached hydrogen (secondary N) is 2. The zero-order valence-corrected chi connectivity index (χ0v) is 11.2. The van der Waals surface area contributed by atoms with Gasteiger partial charge in [-0.15, -0.1) is 0 Å². The number of hydrogen-bond donors (Lipinski definition) is 2. The van der Waals surface area contributed by atoms with Crippen molar-refractivity contribution in [1.82, 2.24) is 10.6 Å². The number of urea groups is 1. The van der Waals surface area contributed by atoms with Crippen LogP contribution in [0.15, 0.2) is 0 Å². The summed E-state index contributed by atoms with van der Waals surface area (Å²) in [6.45, 7) is 2.92. The number of unbranched alkanes of at least 4 members (excludes halogenated alkanes) is 1. The molecule has 0 radical (unpaired) electrons. The molecule has 1 aliphatic rings. The molecule has 0 unspecified atom stereocenters. The predicted molar refractivity (Wildman–Crippen MR) is 71.0 cm³/mol. The Bertz CT molecular complexity index is 203. The Balaban J connectivity index is 2.10. The Kier molecular flexibility index (Phi) is 6.69. The van der Waals surface area contributed by atoms with Crippen molar-refractivity contribution in [3.8, 4) is 0 Å². The van der Waals surface area contributed by atoms with Crippen molar-refractivity contribution in [1.29, 1.82) is 0 Å². The monoisotopic (exact) mass is 244 g/mol. The van der Waals surface area contributed by atoms with Crippen molar-refractivity contribution >= 4 is 17.8 Å². The molecule has 16 heavy (non-hydrogen) atoms. The molecule has 2 N–H and O–H groups in total. The molecule has 1 saturated carbocycles. The third-order valence-corrected chi connectivity index (χ3v) is 4.30. The van der Waals surface area contributed by atoms with Gasteiger partial charge < -0.3 is 10.6 Å². The molecule has 0 aromatic carbocycles. The number of amides is 2. The molecule has 0 spiro atoms. The lowest BCUT2D eigenvalue weighted by Crippen LogP contribution is -2.44. The quantitative estimate of drug-likeness (QED) is 0.730. The summed E-state index contributed by atoms with van der Waals surface area (Å²) in [4.78, 5) is 11.5. The van der Waals surface area contributed by atoms with Crippen LogP contribution >= 0.6 is 11.8 Å². The fourth-order valence-electron chi connectivity index (χ4n) is 2.06. The molecule has 1 fully saturated rings. The van der Waals surface area contributed by atoms with Gasteiger partial charge in [-0.3, -0.25) is 0 Å². The number of hydrogen-bond acceptors (Lipinski definition) is 2. The van der Waals surface area contributed by atoms with Crippen molar-refractivity contribution in [2.75, 3.05) is 12.8 Å². The first-order valence-corrected chi connectivity index (χ1v) is 7.62. The van der Waals surface area contributed by atoms with Crippen molar-refractivity contribution < 1.29 is 4.79 Å². The highest BCUT2D eigenvalue weighted by Gasteiger charge is 2.21. The molecule has 0 bridgehead atoms. The molecule has 0 heterocycles. The Hall–Kier alpha value is -0.380. The summed E-state index contributed by atoms with van der Waals surface area (Å²) in [5, 5.41) is 6.77. The normalized spacial score (nSPS) is 25.1. The second kappa shape index (κ2) is 7.82. The van der Waals surface area contributed by atoms with Crippen LogP contribution in [0.25, 0.3) is 0 Å². The minimum atomic E-state index is 0.0149. The van der Waals surface area contributed by atoms with E-state index in [2.05, 4.69) is 23.8 Å². The van der Waals surface area contributed by atoms with Crippen LogP contribution in [-0.4, -0.2) is 30.1 Å². The molecule has 94 valence electrons. The van der Waals surface area contributed by atoms with Crippen LogP contribution in [0.1, 0.15) is 45.4 Å². The molecule has 0 aromatic heterocycles. The summed E-state index contributed by atoms with van der Waals surface area (Å²) in [5.74, 6) is 0. The zero-order chi connectivity index (χ0) is 11.8. The maximum atomic E-state index is 11.5.